The van der Waals surface area contributed by atoms with Crippen molar-refractivity contribution in [2.24, 2.45) is 0 Å². The molecule has 1 aliphatic heterocycles. The topological polar surface area (TPSA) is 70.7 Å². The van der Waals surface area contributed by atoms with Gasteiger partial charge >= 0.3 is 0 Å². The maximum atomic E-state index is 12.3. The van der Waals surface area contributed by atoms with Crippen molar-refractivity contribution in [2.45, 2.75) is 25.8 Å². The standard InChI is InChI=1S/C18H27N3O3/c1-14-5-3-4-6-16(14)18(23)20-15-7-10-21(11-8-15)13-17(22)19-9-12-24-2/h3-6,15H,7-13H2,1-2H3,(H,19,22)(H,20,23). The smallest absolute Gasteiger partial charge is 0.251 e. The summed E-state index contributed by atoms with van der Waals surface area (Å²) in [7, 11) is 1.61. The number of rotatable bonds is 7. The normalized spacial score (nSPS) is 15.9. The van der Waals surface area contributed by atoms with E-state index in [-0.39, 0.29) is 17.9 Å². The number of carbonyl (C=O) groups is 2. The lowest BCUT2D eigenvalue weighted by Crippen LogP contribution is -2.47. The fraction of sp³-hybridized carbons (Fsp3) is 0.556. The second-order valence-corrected chi connectivity index (χ2v) is 6.18. The van der Waals surface area contributed by atoms with E-state index in [9.17, 15) is 9.59 Å². The fourth-order valence-corrected chi connectivity index (χ4v) is 2.88. The predicted octanol–water partition coefficient (Wildman–Crippen LogP) is 0.952. The van der Waals surface area contributed by atoms with Crippen molar-refractivity contribution < 1.29 is 14.3 Å². The number of likely N-dealkylation sites (tertiary alicyclic amines) is 1. The molecule has 0 saturated carbocycles. The summed E-state index contributed by atoms with van der Waals surface area (Å²) in [6, 6.07) is 7.78. The quantitative estimate of drug-likeness (QED) is 0.729. The molecule has 0 unspecified atom stereocenters. The molecule has 0 aliphatic carbocycles. The summed E-state index contributed by atoms with van der Waals surface area (Å²) in [5, 5.41) is 5.94. The zero-order valence-electron chi connectivity index (χ0n) is 14.5. The Morgan fingerprint density at radius 2 is 1.96 bits per heavy atom. The first-order valence-corrected chi connectivity index (χ1v) is 8.44. The number of benzene rings is 1. The molecule has 1 saturated heterocycles. The number of amides is 2. The van der Waals surface area contributed by atoms with E-state index < -0.39 is 0 Å². The molecule has 1 aromatic rings. The van der Waals surface area contributed by atoms with Gasteiger partial charge in [-0.15, -0.1) is 0 Å². The van der Waals surface area contributed by atoms with Crippen LogP contribution in [0.5, 0.6) is 0 Å². The van der Waals surface area contributed by atoms with E-state index in [4.69, 9.17) is 4.74 Å². The first-order chi connectivity index (χ1) is 11.6. The van der Waals surface area contributed by atoms with Gasteiger partial charge < -0.3 is 15.4 Å². The van der Waals surface area contributed by atoms with E-state index in [1.807, 2.05) is 31.2 Å². The maximum absolute atomic E-state index is 12.3. The number of carbonyl (C=O) groups excluding carboxylic acids is 2. The molecule has 1 aliphatic rings. The SMILES string of the molecule is COCCNC(=O)CN1CCC(NC(=O)c2ccccc2C)CC1. The molecule has 1 fully saturated rings. The van der Waals surface area contributed by atoms with Crippen molar-refractivity contribution in [2.75, 3.05) is 39.9 Å². The van der Waals surface area contributed by atoms with Gasteiger partial charge in [0.25, 0.3) is 5.91 Å². The minimum absolute atomic E-state index is 0.0103. The van der Waals surface area contributed by atoms with Gasteiger partial charge in [0.05, 0.1) is 13.2 Å². The zero-order chi connectivity index (χ0) is 17.4. The molecule has 1 heterocycles. The summed E-state index contributed by atoms with van der Waals surface area (Å²) >= 11 is 0. The minimum atomic E-state index is -0.0103. The van der Waals surface area contributed by atoms with E-state index in [2.05, 4.69) is 15.5 Å². The number of methoxy groups -OCH3 is 1. The molecule has 2 rings (SSSR count). The van der Waals surface area contributed by atoms with Gasteiger partial charge in [-0.25, -0.2) is 0 Å². The Balaban J connectivity index is 1.72. The average Bonchev–Trinajstić information content (AvgIpc) is 2.57. The van der Waals surface area contributed by atoms with Crippen molar-refractivity contribution in [1.82, 2.24) is 15.5 Å². The molecule has 0 atom stereocenters. The lowest BCUT2D eigenvalue weighted by molar-refractivity contribution is -0.122. The molecule has 0 spiro atoms. The van der Waals surface area contributed by atoms with E-state index in [1.165, 1.54) is 0 Å². The third kappa shape index (κ3) is 5.62. The monoisotopic (exact) mass is 333 g/mol. The van der Waals surface area contributed by atoms with Crippen molar-refractivity contribution in [3.63, 3.8) is 0 Å². The second-order valence-electron chi connectivity index (χ2n) is 6.18. The lowest BCUT2D eigenvalue weighted by atomic mass is 10.0. The maximum Gasteiger partial charge on any atom is 0.251 e. The Bertz CT molecular complexity index is 554. The van der Waals surface area contributed by atoms with Gasteiger partial charge in [0.15, 0.2) is 0 Å². The highest BCUT2D eigenvalue weighted by molar-refractivity contribution is 5.95. The third-order valence-corrected chi connectivity index (χ3v) is 4.31. The number of hydrogen-bond acceptors (Lipinski definition) is 4. The van der Waals surface area contributed by atoms with Gasteiger partial charge in [-0.1, -0.05) is 18.2 Å². The van der Waals surface area contributed by atoms with E-state index >= 15 is 0 Å². The molecule has 2 N–H and O–H groups in total. The Morgan fingerprint density at radius 3 is 2.62 bits per heavy atom. The average molecular weight is 333 g/mol. The molecule has 6 nitrogen and oxygen atoms in total. The molecule has 0 radical (unpaired) electrons. The van der Waals surface area contributed by atoms with Crippen LogP contribution in [0.1, 0.15) is 28.8 Å². The van der Waals surface area contributed by atoms with Crippen molar-refractivity contribution >= 4 is 11.8 Å². The van der Waals surface area contributed by atoms with Gasteiger partial charge in [-0.05, 0) is 31.4 Å². The lowest BCUT2D eigenvalue weighted by Gasteiger charge is -2.32. The Labute approximate surface area is 143 Å². The Hall–Kier alpha value is -1.92. The Morgan fingerprint density at radius 1 is 1.25 bits per heavy atom. The highest BCUT2D eigenvalue weighted by Crippen LogP contribution is 2.12. The molecule has 1 aromatic carbocycles. The van der Waals surface area contributed by atoms with Crippen molar-refractivity contribution in [3.05, 3.63) is 35.4 Å². The highest BCUT2D eigenvalue weighted by atomic mass is 16.5. The van der Waals surface area contributed by atoms with E-state index in [0.29, 0.717) is 19.7 Å². The number of nitrogens with one attached hydrogen (secondary N) is 2. The number of hydrogen-bond donors (Lipinski definition) is 2. The predicted molar refractivity (Wildman–Crippen MR) is 93.0 cm³/mol. The van der Waals surface area contributed by atoms with Crippen LogP contribution >= 0.6 is 0 Å². The zero-order valence-corrected chi connectivity index (χ0v) is 14.5. The van der Waals surface area contributed by atoms with Crippen LogP contribution in [-0.4, -0.2) is 62.7 Å². The molecule has 6 heteroatoms. The number of piperidine rings is 1. The molecule has 132 valence electrons. The van der Waals surface area contributed by atoms with Crippen LogP contribution in [0.25, 0.3) is 0 Å². The Kier molecular flexibility index (Phi) is 7.21. The fourth-order valence-electron chi connectivity index (χ4n) is 2.88. The first kappa shape index (κ1) is 18.4. The van der Waals surface area contributed by atoms with Gasteiger partial charge in [0.2, 0.25) is 5.91 Å². The number of aryl methyl sites for hydroxylation is 1. The number of nitrogens with zero attached hydrogens (tertiary/aromatic N) is 1. The second kappa shape index (κ2) is 9.39. The van der Waals surface area contributed by atoms with Crippen LogP contribution in [0, 0.1) is 6.92 Å². The van der Waals surface area contributed by atoms with Crippen molar-refractivity contribution in [3.8, 4) is 0 Å². The highest BCUT2D eigenvalue weighted by Gasteiger charge is 2.22. The van der Waals surface area contributed by atoms with Crippen LogP contribution < -0.4 is 10.6 Å². The minimum Gasteiger partial charge on any atom is -0.383 e. The van der Waals surface area contributed by atoms with Gasteiger partial charge in [-0.2, -0.15) is 0 Å². The van der Waals surface area contributed by atoms with Crippen molar-refractivity contribution in [1.29, 1.82) is 0 Å². The van der Waals surface area contributed by atoms with Crippen LogP contribution in [0.2, 0.25) is 0 Å². The number of ether oxygens (including phenoxy) is 1. The van der Waals surface area contributed by atoms with Gasteiger partial charge in [0.1, 0.15) is 0 Å². The molecule has 0 bridgehead atoms. The molecular weight excluding hydrogens is 306 g/mol. The molecular formula is C18H27N3O3. The summed E-state index contributed by atoms with van der Waals surface area (Å²) in [4.78, 5) is 26.3. The summed E-state index contributed by atoms with van der Waals surface area (Å²) < 4.78 is 4.91. The first-order valence-electron chi connectivity index (χ1n) is 8.44. The van der Waals surface area contributed by atoms with Crippen LogP contribution in [-0.2, 0) is 9.53 Å². The van der Waals surface area contributed by atoms with Crippen LogP contribution in [0.15, 0.2) is 24.3 Å². The van der Waals surface area contributed by atoms with Crippen LogP contribution in [0.3, 0.4) is 0 Å². The summed E-state index contributed by atoms with van der Waals surface area (Å²) in [5.41, 5.74) is 1.72. The van der Waals surface area contributed by atoms with Gasteiger partial charge in [0, 0.05) is 38.3 Å². The molecule has 24 heavy (non-hydrogen) atoms. The third-order valence-electron chi connectivity index (χ3n) is 4.31. The summed E-state index contributed by atoms with van der Waals surface area (Å²) in [6.45, 7) is 5.05. The summed E-state index contributed by atoms with van der Waals surface area (Å²) in [6.07, 6.45) is 1.73. The largest absolute Gasteiger partial charge is 0.383 e. The molecule has 0 aromatic heterocycles. The van der Waals surface area contributed by atoms with Crippen LogP contribution in [0.4, 0.5) is 0 Å². The summed E-state index contributed by atoms with van der Waals surface area (Å²) in [5.74, 6) is 0.0123. The van der Waals surface area contributed by atoms with Gasteiger partial charge in [-0.3, -0.25) is 14.5 Å². The van der Waals surface area contributed by atoms with E-state index in [0.717, 1.165) is 37.1 Å². The molecule has 2 amide bonds. The van der Waals surface area contributed by atoms with E-state index in [1.54, 1.807) is 7.11 Å².